The van der Waals surface area contributed by atoms with E-state index >= 15 is 0 Å². The zero-order valence-corrected chi connectivity index (χ0v) is 7.33. The number of benzene rings is 1. The number of halogens is 1. The zero-order chi connectivity index (χ0) is 9.23. The Hall–Kier alpha value is -0.890. The van der Waals surface area contributed by atoms with Crippen LogP contribution in [0.3, 0.4) is 0 Å². The first-order chi connectivity index (χ1) is 5.93. The molecule has 0 aliphatic heterocycles. The third-order valence-electron chi connectivity index (χ3n) is 1.47. The summed E-state index contributed by atoms with van der Waals surface area (Å²) in [5.41, 5.74) is 1.30. The summed E-state index contributed by atoms with van der Waals surface area (Å²) in [6, 6.07) is 10.2. The Morgan fingerprint density at radius 3 is 2.25 bits per heavy atom. The van der Waals surface area contributed by atoms with Crippen molar-refractivity contribution in [2.24, 2.45) is 0 Å². The van der Waals surface area contributed by atoms with E-state index in [-0.39, 0.29) is 6.61 Å². The molecule has 0 bridgehead atoms. The summed E-state index contributed by atoms with van der Waals surface area (Å²) in [5, 5.41) is 8.53. The molecule has 1 rings (SSSR count). The second-order valence-corrected chi connectivity index (χ2v) is 2.31. The number of alkyl halides is 1. The lowest BCUT2D eigenvalue weighted by Crippen LogP contribution is -1.87. The Balaban J connectivity index is 0.000000561. The third-order valence-corrected chi connectivity index (χ3v) is 1.47. The number of hydrogen-bond donors (Lipinski definition) is 1. The first-order valence-electron chi connectivity index (χ1n) is 3.96. The maximum absolute atomic E-state index is 9.50. The predicted molar refractivity (Wildman–Crippen MR) is 48.9 cm³/mol. The van der Waals surface area contributed by atoms with Crippen LogP contribution in [0, 0.1) is 0 Å². The van der Waals surface area contributed by atoms with Crippen molar-refractivity contribution in [1.29, 1.82) is 0 Å². The molecule has 0 aliphatic rings. The molecular formula is C10H15FO. The molecule has 0 spiro atoms. The fourth-order valence-corrected chi connectivity index (χ4v) is 0.928. The van der Waals surface area contributed by atoms with Crippen LogP contribution in [0.25, 0.3) is 0 Å². The molecule has 1 aromatic rings. The van der Waals surface area contributed by atoms with Crippen molar-refractivity contribution in [1.82, 2.24) is 0 Å². The second kappa shape index (κ2) is 8.21. The van der Waals surface area contributed by atoms with Crippen LogP contribution in [0.5, 0.6) is 0 Å². The topological polar surface area (TPSA) is 20.2 Å². The Bertz CT molecular complexity index is 174. The normalized spacial score (nSPS) is 8.58. The van der Waals surface area contributed by atoms with E-state index in [1.54, 1.807) is 0 Å². The van der Waals surface area contributed by atoms with Crippen molar-refractivity contribution >= 4 is 0 Å². The lowest BCUT2D eigenvalue weighted by Gasteiger charge is -1.96. The molecule has 0 radical (unpaired) electrons. The van der Waals surface area contributed by atoms with Gasteiger partial charge in [0.15, 0.2) is 0 Å². The minimum Gasteiger partial charge on any atom is -0.396 e. The minimum atomic E-state index is 0.287. The molecular weight excluding hydrogens is 155 g/mol. The molecule has 12 heavy (non-hydrogen) atoms. The molecule has 1 aromatic carbocycles. The SMILES string of the molecule is CF.OCCCc1ccccc1. The van der Waals surface area contributed by atoms with Gasteiger partial charge in [0.1, 0.15) is 0 Å². The summed E-state index contributed by atoms with van der Waals surface area (Å²) >= 11 is 0. The summed E-state index contributed by atoms with van der Waals surface area (Å²) in [4.78, 5) is 0. The van der Waals surface area contributed by atoms with Crippen LogP contribution < -0.4 is 0 Å². The highest BCUT2D eigenvalue weighted by Gasteiger charge is 1.87. The maximum Gasteiger partial charge on any atom is 0.0785 e. The molecule has 0 amide bonds. The van der Waals surface area contributed by atoms with Gasteiger partial charge in [-0.2, -0.15) is 0 Å². The molecule has 1 nitrogen and oxygen atoms in total. The van der Waals surface area contributed by atoms with Crippen molar-refractivity contribution < 1.29 is 9.50 Å². The first kappa shape index (κ1) is 11.1. The third kappa shape index (κ3) is 4.85. The van der Waals surface area contributed by atoms with Crippen LogP contribution in [-0.4, -0.2) is 18.9 Å². The van der Waals surface area contributed by atoms with Crippen molar-refractivity contribution in [2.75, 3.05) is 13.8 Å². The van der Waals surface area contributed by atoms with E-state index in [0.29, 0.717) is 7.18 Å². The monoisotopic (exact) mass is 170 g/mol. The molecule has 0 aromatic heterocycles. The van der Waals surface area contributed by atoms with E-state index in [0.717, 1.165) is 12.8 Å². The predicted octanol–water partition coefficient (Wildman–Crippen LogP) is 2.20. The van der Waals surface area contributed by atoms with Gasteiger partial charge < -0.3 is 5.11 Å². The highest BCUT2D eigenvalue weighted by atomic mass is 19.1. The van der Waals surface area contributed by atoms with Gasteiger partial charge in [-0.3, -0.25) is 4.39 Å². The Labute approximate surface area is 72.9 Å². The van der Waals surface area contributed by atoms with Crippen LogP contribution >= 0.6 is 0 Å². The van der Waals surface area contributed by atoms with Gasteiger partial charge in [0.05, 0.1) is 7.18 Å². The smallest absolute Gasteiger partial charge is 0.0785 e. The summed E-state index contributed by atoms with van der Waals surface area (Å²) in [6.07, 6.45) is 1.85. The summed E-state index contributed by atoms with van der Waals surface area (Å²) in [7, 11) is 0.500. The Morgan fingerprint density at radius 2 is 1.75 bits per heavy atom. The molecule has 0 aliphatic carbocycles. The molecule has 0 saturated heterocycles. The van der Waals surface area contributed by atoms with Gasteiger partial charge in [0.2, 0.25) is 0 Å². The molecule has 2 heteroatoms. The Kier molecular flexibility index (Phi) is 7.60. The largest absolute Gasteiger partial charge is 0.396 e. The highest BCUT2D eigenvalue weighted by molar-refractivity contribution is 5.14. The quantitative estimate of drug-likeness (QED) is 0.737. The highest BCUT2D eigenvalue weighted by Crippen LogP contribution is 2.00. The van der Waals surface area contributed by atoms with Crippen LogP contribution in [0.1, 0.15) is 12.0 Å². The molecule has 0 fully saturated rings. The van der Waals surface area contributed by atoms with E-state index in [4.69, 9.17) is 5.11 Å². The van der Waals surface area contributed by atoms with Gasteiger partial charge in [-0.1, -0.05) is 30.3 Å². The van der Waals surface area contributed by atoms with E-state index in [9.17, 15) is 4.39 Å². The van der Waals surface area contributed by atoms with Gasteiger partial charge in [-0.05, 0) is 18.4 Å². The number of hydrogen-bond acceptors (Lipinski definition) is 1. The van der Waals surface area contributed by atoms with E-state index in [2.05, 4.69) is 12.1 Å². The summed E-state index contributed by atoms with van der Waals surface area (Å²) < 4.78 is 9.50. The van der Waals surface area contributed by atoms with Gasteiger partial charge in [-0.25, -0.2) is 0 Å². The average Bonchev–Trinajstić information content (AvgIpc) is 2.19. The Morgan fingerprint density at radius 1 is 1.17 bits per heavy atom. The lowest BCUT2D eigenvalue weighted by molar-refractivity contribution is 0.288. The van der Waals surface area contributed by atoms with Crippen molar-refractivity contribution in [2.45, 2.75) is 12.8 Å². The van der Waals surface area contributed by atoms with Gasteiger partial charge in [-0.15, -0.1) is 0 Å². The molecule has 0 saturated carbocycles. The lowest BCUT2D eigenvalue weighted by atomic mass is 10.1. The minimum absolute atomic E-state index is 0.287. The maximum atomic E-state index is 9.50. The van der Waals surface area contributed by atoms with Crippen molar-refractivity contribution in [3.63, 3.8) is 0 Å². The standard InChI is InChI=1S/C9H12O.CH3F/c10-8-4-7-9-5-2-1-3-6-9;1-2/h1-3,5-6,10H,4,7-8H2;1H3. The first-order valence-corrected chi connectivity index (χ1v) is 3.96. The molecule has 68 valence electrons. The average molecular weight is 170 g/mol. The number of aliphatic hydroxyl groups excluding tert-OH is 1. The summed E-state index contributed by atoms with van der Waals surface area (Å²) in [6.45, 7) is 0.287. The zero-order valence-electron chi connectivity index (χ0n) is 7.33. The van der Waals surface area contributed by atoms with Gasteiger partial charge >= 0.3 is 0 Å². The van der Waals surface area contributed by atoms with Gasteiger partial charge in [0.25, 0.3) is 0 Å². The second-order valence-electron chi connectivity index (χ2n) is 2.31. The fraction of sp³-hybridized carbons (Fsp3) is 0.400. The number of aryl methyl sites for hydroxylation is 1. The number of aliphatic hydroxyl groups is 1. The van der Waals surface area contributed by atoms with Crippen LogP contribution in [-0.2, 0) is 6.42 Å². The van der Waals surface area contributed by atoms with Crippen molar-refractivity contribution in [3.05, 3.63) is 35.9 Å². The molecule has 0 atom stereocenters. The van der Waals surface area contributed by atoms with Crippen LogP contribution in [0.15, 0.2) is 30.3 Å². The van der Waals surface area contributed by atoms with Crippen LogP contribution in [0.4, 0.5) is 4.39 Å². The molecule has 1 N–H and O–H groups in total. The van der Waals surface area contributed by atoms with E-state index < -0.39 is 0 Å². The van der Waals surface area contributed by atoms with Crippen molar-refractivity contribution in [3.8, 4) is 0 Å². The van der Waals surface area contributed by atoms with Crippen LogP contribution in [0.2, 0.25) is 0 Å². The van der Waals surface area contributed by atoms with E-state index in [1.165, 1.54) is 5.56 Å². The van der Waals surface area contributed by atoms with Gasteiger partial charge in [0, 0.05) is 6.61 Å². The number of rotatable bonds is 3. The fourth-order valence-electron chi connectivity index (χ4n) is 0.928. The molecule has 0 heterocycles. The van der Waals surface area contributed by atoms with E-state index in [1.807, 2.05) is 18.2 Å². The molecule has 0 unspecified atom stereocenters. The summed E-state index contributed by atoms with van der Waals surface area (Å²) in [5.74, 6) is 0.